The summed E-state index contributed by atoms with van der Waals surface area (Å²) in [7, 11) is 4.94. The molecule has 2 rings (SSSR count). The monoisotopic (exact) mass is 308 g/mol. The van der Waals surface area contributed by atoms with E-state index < -0.39 is 0 Å². The number of hydrogen-bond acceptors (Lipinski definition) is 6. The quantitative estimate of drug-likeness (QED) is 0.850. The number of methoxy groups -OCH3 is 3. The largest absolute Gasteiger partial charge is 0.493 e. The van der Waals surface area contributed by atoms with Crippen LogP contribution in [0.1, 0.15) is 6.92 Å². The first-order valence-corrected chi connectivity index (χ1v) is 7.49. The lowest BCUT2D eigenvalue weighted by molar-refractivity contribution is 0.190. The number of ether oxygens (including phenoxy) is 3. The average molecular weight is 308 g/mol. The molecule has 1 aromatic heterocycles. The summed E-state index contributed by atoms with van der Waals surface area (Å²) in [5.74, 6) is 1.41. The summed E-state index contributed by atoms with van der Waals surface area (Å²) >= 11 is 1.57. The van der Waals surface area contributed by atoms with Gasteiger partial charge in [0.1, 0.15) is 0 Å². The number of rotatable bonds is 7. The normalized spacial score (nSPS) is 12.0. The Morgan fingerprint density at radius 3 is 2.62 bits per heavy atom. The van der Waals surface area contributed by atoms with Crippen molar-refractivity contribution in [3.8, 4) is 22.8 Å². The van der Waals surface area contributed by atoms with Crippen LogP contribution in [0.4, 0.5) is 5.13 Å². The Morgan fingerprint density at radius 1 is 1.19 bits per heavy atom. The van der Waals surface area contributed by atoms with Crippen molar-refractivity contribution in [2.45, 2.75) is 13.0 Å². The molecule has 0 bridgehead atoms. The van der Waals surface area contributed by atoms with E-state index in [1.807, 2.05) is 23.6 Å². The third kappa shape index (κ3) is 3.86. The predicted molar refractivity (Wildman–Crippen MR) is 85.6 cm³/mol. The molecule has 1 unspecified atom stereocenters. The van der Waals surface area contributed by atoms with E-state index in [-0.39, 0.29) is 6.04 Å². The van der Waals surface area contributed by atoms with E-state index in [2.05, 4.69) is 17.2 Å². The number of anilines is 1. The average Bonchev–Trinajstić information content (AvgIpc) is 2.95. The molecule has 5 nitrogen and oxygen atoms in total. The Bertz CT molecular complexity index is 586. The molecule has 21 heavy (non-hydrogen) atoms. The van der Waals surface area contributed by atoms with Gasteiger partial charge < -0.3 is 19.5 Å². The zero-order valence-corrected chi connectivity index (χ0v) is 13.5. The number of thiazole rings is 1. The van der Waals surface area contributed by atoms with Gasteiger partial charge in [-0.05, 0) is 25.1 Å². The number of nitrogens with one attached hydrogen (secondary N) is 1. The molecule has 6 heteroatoms. The molecule has 1 aromatic carbocycles. The molecule has 114 valence electrons. The molecule has 0 aliphatic rings. The highest BCUT2D eigenvalue weighted by atomic mass is 32.1. The minimum absolute atomic E-state index is 0.222. The first kappa shape index (κ1) is 15.6. The lowest BCUT2D eigenvalue weighted by Crippen LogP contribution is -2.20. The van der Waals surface area contributed by atoms with Crippen LogP contribution in [-0.4, -0.2) is 39.0 Å². The number of hydrogen-bond donors (Lipinski definition) is 1. The van der Waals surface area contributed by atoms with Crippen LogP contribution in [0.3, 0.4) is 0 Å². The van der Waals surface area contributed by atoms with Gasteiger partial charge in [-0.2, -0.15) is 0 Å². The SMILES string of the molecule is COCC(C)Nc1nc(-c2ccc(OC)c(OC)c2)cs1. The smallest absolute Gasteiger partial charge is 0.183 e. The molecule has 0 amide bonds. The Kier molecular flexibility index (Phi) is 5.41. The fourth-order valence-corrected chi connectivity index (χ4v) is 2.80. The van der Waals surface area contributed by atoms with Gasteiger partial charge in [0.2, 0.25) is 0 Å². The highest BCUT2D eigenvalue weighted by molar-refractivity contribution is 7.14. The first-order chi connectivity index (χ1) is 10.2. The van der Waals surface area contributed by atoms with Crippen LogP contribution in [0.25, 0.3) is 11.3 Å². The molecule has 2 aromatic rings. The van der Waals surface area contributed by atoms with Crippen LogP contribution in [0.5, 0.6) is 11.5 Å². The highest BCUT2D eigenvalue weighted by Crippen LogP contribution is 2.33. The molecule has 0 radical (unpaired) electrons. The first-order valence-electron chi connectivity index (χ1n) is 6.61. The van der Waals surface area contributed by atoms with E-state index in [1.165, 1.54) is 0 Å². The molecular weight excluding hydrogens is 288 g/mol. The summed E-state index contributed by atoms with van der Waals surface area (Å²) in [5, 5.41) is 6.21. The summed E-state index contributed by atoms with van der Waals surface area (Å²) in [6, 6.07) is 6.00. The molecule has 1 atom stereocenters. The van der Waals surface area contributed by atoms with Gasteiger partial charge in [0, 0.05) is 24.1 Å². The van der Waals surface area contributed by atoms with Gasteiger partial charge in [0.15, 0.2) is 16.6 Å². The van der Waals surface area contributed by atoms with Crippen molar-refractivity contribution in [1.82, 2.24) is 4.98 Å². The van der Waals surface area contributed by atoms with E-state index in [4.69, 9.17) is 14.2 Å². The van der Waals surface area contributed by atoms with Gasteiger partial charge in [-0.25, -0.2) is 4.98 Å². The van der Waals surface area contributed by atoms with Crippen molar-refractivity contribution < 1.29 is 14.2 Å². The second-order valence-electron chi connectivity index (χ2n) is 4.61. The maximum absolute atomic E-state index is 5.32. The lowest BCUT2D eigenvalue weighted by atomic mass is 10.1. The van der Waals surface area contributed by atoms with Crippen LogP contribution < -0.4 is 14.8 Å². The van der Waals surface area contributed by atoms with Crippen molar-refractivity contribution in [1.29, 1.82) is 0 Å². The van der Waals surface area contributed by atoms with Crippen molar-refractivity contribution in [3.05, 3.63) is 23.6 Å². The van der Waals surface area contributed by atoms with E-state index in [9.17, 15) is 0 Å². The zero-order valence-electron chi connectivity index (χ0n) is 12.7. The topological polar surface area (TPSA) is 52.6 Å². The number of benzene rings is 1. The maximum atomic E-state index is 5.32. The van der Waals surface area contributed by atoms with Crippen LogP contribution in [0, 0.1) is 0 Å². The Hall–Kier alpha value is -1.79. The Labute approximate surface area is 128 Å². The van der Waals surface area contributed by atoms with Crippen LogP contribution in [0.15, 0.2) is 23.6 Å². The van der Waals surface area contributed by atoms with Gasteiger partial charge in [0.05, 0.1) is 26.5 Å². The molecule has 1 N–H and O–H groups in total. The minimum Gasteiger partial charge on any atom is -0.493 e. The third-order valence-corrected chi connectivity index (χ3v) is 3.74. The second-order valence-corrected chi connectivity index (χ2v) is 5.47. The molecule has 1 heterocycles. The van der Waals surface area contributed by atoms with Gasteiger partial charge in [-0.1, -0.05) is 0 Å². The summed E-state index contributed by atoms with van der Waals surface area (Å²) in [6.07, 6.45) is 0. The standard InChI is InChI=1S/C15H20N2O3S/c1-10(8-18-2)16-15-17-12(9-21-15)11-5-6-13(19-3)14(7-11)20-4/h5-7,9-10H,8H2,1-4H3,(H,16,17). The van der Waals surface area contributed by atoms with E-state index in [1.54, 1.807) is 32.7 Å². The molecular formula is C15H20N2O3S. The van der Waals surface area contributed by atoms with E-state index in [0.717, 1.165) is 16.4 Å². The van der Waals surface area contributed by atoms with Crippen molar-refractivity contribution in [2.24, 2.45) is 0 Å². The number of aromatic nitrogens is 1. The molecule has 0 saturated heterocycles. The van der Waals surface area contributed by atoms with Gasteiger partial charge in [-0.15, -0.1) is 11.3 Å². The van der Waals surface area contributed by atoms with E-state index >= 15 is 0 Å². The fourth-order valence-electron chi connectivity index (χ4n) is 1.97. The fraction of sp³-hybridized carbons (Fsp3) is 0.400. The third-order valence-electron chi connectivity index (χ3n) is 2.97. The minimum atomic E-state index is 0.222. The van der Waals surface area contributed by atoms with Crippen molar-refractivity contribution in [2.75, 3.05) is 33.3 Å². The van der Waals surface area contributed by atoms with Crippen LogP contribution in [-0.2, 0) is 4.74 Å². The maximum Gasteiger partial charge on any atom is 0.183 e. The summed E-state index contributed by atoms with van der Waals surface area (Å²) in [4.78, 5) is 4.59. The Balaban J connectivity index is 2.17. The zero-order chi connectivity index (χ0) is 15.2. The van der Waals surface area contributed by atoms with Crippen molar-refractivity contribution in [3.63, 3.8) is 0 Å². The van der Waals surface area contributed by atoms with E-state index in [0.29, 0.717) is 18.1 Å². The Morgan fingerprint density at radius 2 is 1.95 bits per heavy atom. The molecule has 0 fully saturated rings. The van der Waals surface area contributed by atoms with Gasteiger partial charge in [-0.3, -0.25) is 0 Å². The summed E-state index contributed by atoms with van der Waals surface area (Å²) in [5.41, 5.74) is 1.91. The summed E-state index contributed by atoms with van der Waals surface area (Å²) in [6.45, 7) is 2.70. The molecule has 0 aliphatic heterocycles. The van der Waals surface area contributed by atoms with Crippen LogP contribution >= 0.6 is 11.3 Å². The molecule has 0 saturated carbocycles. The van der Waals surface area contributed by atoms with Gasteiger partial charge in [0.25, 0.3) is 0 Å². The van der Waals surface area contributed by atoms with Crippen molar-refractivity contribution >= 4 is 16.5 Å². The second kappa shape index (κ2) is 7.28. The predicted octanol–water partition coefficient (Wildman–Crippen LogP) is 3.27. The lowest BCUT2D eigenvalue weighted by Gasteiger charge is -2.11. The van der Waals surface area contributed by atoms with Crippen LogP contribution in [0.2, 0.25) is 0 Å². The summed E-state index contributed by atoms with van der Waals surface area (Å²) < 4.78 is 15.7. The molecule has 0 spiro atoms. The highest BCUT2D eigenvalue weighted by Gasteiger charge is 2.10. The van der Waals surface area contributed by atoms with Gasteiger partial charge >= 0.3 is 0 Å². The number of nitrogens with zero attached hydrogens (tertiary/aromatic N) is 1. The molecule has 0 aliphatic carbocycles.